The van der Waals surface area contributed by atoms with Crippen LogP contribution in [-0.2, 0) is 30.3 Å². The van der Waals surface area contributed by atoms with Crippen LogP contribution in [0.4, 0.5) is 26.3 Å². The molecule has 0 aromatic carbocycles. The summed E-state index contributed by atoms with van der Waals surface area (Å²) in [5.74, 6) is -2.58. The van der Waals surface area contributed by atoms with E-state index >= 15 is 0 Å². The Morgan fingerprint density at radius 2 is 1.04 bits per heavy atom. The molecule has 2 aliphatic rings. The third-order valence-corrected chi connectivity index (χ3v) is 7.89. The maximum atomic E-state index is 13.3. The number of methoxy groups -OCH3 is 2. The maximum Gasteiger partial charge on any atom is 0.265 e. The summed E-state index contributed by atoms with van der Waals surface area (Å²) in [6, 6.07) is 4.92. The number of halogens is 6. The summed E-state index contributed by atoms with van der Waals surface area (Å²) in [6.45, 7) is 6.38. The van der Waals surface area contributed by atoms with Crippen molar-refractivity contribution in [2.24, 2.45) is 10.8 Å². The molecule has 0 spiro atoms. The summed E-state index contributed by atoms with van der Waals surface area (Å²) in [6.07, 6.45) is -1.90. The Kier molecular flexibility index (Phi) is 10.3. The Morgan fingerprint density at radius 1 is 0.717 bits per heavy atom. The molecule has 14 heteroatoms. The van der Waals surface area contributed by atoms with E-state index in [0.717, 1.165) is 12.4 Å². The largest absolute Gasteiger partial charge is 0.368 e. The van der Waals surface area contributed by atoms with Gasteiger partial charge in [-0.15, -0.1) is 0 Å². The van der Waals surface area contributed by atoms with Gasteiger partial charge in [0.2, 0.25) is 0 Å². The molecule has 2 heterocycles. The SMILES string of the molecule is COC1(c2ncc(F)cc2C(F)F)C=C(C#N)C(=O)C(C)(C)C1.CO[C@]1(c2ncc(F)cc2C(F)F)C=C(C#N)C(=O)C(C)(C)C1. The quantitative estimate of drug-likeness (QED) is 0.310. The van der Waals surface area contributed by atoms with E-state index < -0.39 is 69.2 Å². The smallest absolute Gasteiger partial charge is 0.265 e. The van der Waals surface area contributed by atoms with E-state index in [9.17, 15) is 35.9 Å². The van der Waals surface area contributed by atoms with Crippen LogP contribution >= 0.6 is 0 Å². The number of aromatic nitrogens is 2. The van der Waals surface area contributed by atoms with Crippen LogP contribution in [0.1, 0.15) is 75.9 Å². The lowest BCUT2D eigenvalue weighted by Gasteiger charge is -2.40. The first-order valence-electron chi connectivity index (χ1n) is 13.7. The average molecular weight is 649 g/mol. The van der Waals surface area contributed by atoms with Crippen LogP contribution in [0, 0.1) is 45.1 Å². The highest BCUT2D eigenvalue weighted by Crippen LogP contribution is 2.48. The van der Waals surface area contributed by atoms with Crippen molar-refractivity contribution in [2.45, 2.75) is 64.6 Å². The number of Topliss-reactive ketones (excluding diaryl/α,β-unsaturated/α-hetero) is 2. The zero-order valence-corrected chi connectivity index (χ0v) is 25.7. The summed E-state index contributed by atoms with van der Waals surface area (Å²) in [5, 5.41) is 18.3. The summed E-state index contributed by atoms with van der Waals surface area (Å²) < 4.78 is 90.6. The number of hydrogen-bond donors (Lipinski definition) is 0. The Labute approximate surface area is 261 Å². The number of pyridine rings is 2. The van der Waals surface area contributed by atoms with Gasteiger partial charge in [-0.1, -0.05) is 27.7 Å². The number of hydrogen-bond acceptors (Lipinski definition) is 8. The third kappa shape index (κ3) is 6.73. The number of nitriles is 2. The topological polar surface area (TPSA) is 126 Å². The predicted octanol–water partition coefficient (Wildman–Crippen LogP) is 6.90. The number of allylic oxidation sites excluding steroid dienone is 2. The van der Waals surface area contributed by atoms with Crippen molar-refractivity contribution in [1.82, 2.24) is 9.97 Å². The summed E-state index contributed by atoms with van der Waals surface area (Å²) >= 11 is 0. The zero-order chi connectivity index (χ0) is 34.8. The minimum atomic E-state index is -2.97. The lowest BCUT2D eigenvalue weighted by Crippen LogP contribution is -2.43. The van der Waals surface area contributed by atoms with Crippen molar-refractivity contribution < 1.29 is 45.4 Å². The number of ether oxygens (including phenoxy) is 2. The van der Waals surface area contributed by atoms with E-state index in [-0.39, 0.29) is 35.4 Å². The molecule has 0 amide bonds. The number of alkyl halides is 4. The first kappa shape index (κ1) is 36.1. The maximum absolute atomic E-state index is 13.3. The van der Waals surface area contributed by atoms with Gasteiger partial charge in [-0.05, 0) is 37.1 Å². The van der Waals surface area contributed by atoms with Crippen molar-refractivity contribution in [1.29, 1.82) is 10.5 Å². The monoisotopic (exact) mass is 648 g/mol. The van der Waals surface area contributed by atoms with Gasteiger partial charge >= 0.3 is 0 Å². The van der Waals surface area contributed by atoms with Crippen LogP contribution in [0.15, 0.2) is 47.8 Å². The van der Waals surface area contributed by atoms with E-state index in [1.807, 2.05) is 0 Å². The molecule has 0 radical (unpaired) electrons. The minimum Gasteiger partial charge on any atom is -0.368 e. The highest BCUT2D eigenvalue weighted by Gasteiger charge is 2.50. The second-order valence-electron chi connectivity index (χ2n) is 12.1. The zero-order valence-electron chi connectivity index (χ0n) is 25.7. The molecule has 2 aliphatic carbocycles. The fraction of sp³-hybridized carbons (Fsp3) is 0.438. The second-order valence-corrected chi connectivity index (χ2v) is 12.1. The number of carbonyl (C=O) groups is 2. The van der Waals surface area contributed by atoms with Gasteiger partial charge in [0.1, 0.15) is 35.0 Å². The molecule has 0 saturated carbocycles. The molecular formula is C32H30F6N4O4. The van der Waals surface area contributed by atoms with Gasteiger partial charge in [-0.2, -0.15) is 10.5 Å². The lowest BCUT2D eigenvalue weighted by molar-refractivity contribution is -0.129. The number of carbonyl (C=O) groups excluding carboxylic acids is 2. The fourth-order valence-electron chi connectivity index (χ4n) is 5.78. The van der Waals surface area contributed by atoms with E-state index in [0.29, 0.717) is 12.1 Å². The Bertz CT molecular complexity index is 1570. The molecule has 244 valence electrons. The Hall–Kier alpha value is -4.40. The molecule has 1 unspecified atom stereocenters. The molecular weight excluding hydrogens is 618 g/mol. The standard InChI is InChI=1S/2C16H15F3N2O2/c2*1-15(2)8-16(23-3,5-9(6-20)13(15)22)12-11(14(18)19)4-10(17)7-21-12/h2*4-5,7,14H,8H2,1-3H3/t16-;/m1./s1. The van der Waals surface area contributed by atoms with Crippen LogP contribution < -0.4 is 0 Å². The van der Waals surface area contributed by atoms with Crippen molar-refractivity contribution in [3.05, 3.63) is 82.0 Å². The third-order valence-electron chi connectivity index (χ3n) is 7.89. The molecule has 0 saturated heterocycles. The van der Waals surface area contributed by atoms with Gasteiger partial charge in [0.05, 0.1) is 34.9 Å². The molecule has 8 nitrogen and oxygen atoms in total. The van der Waals surface area contributed by atoms with Crippen molar-refractivity contribution in [2.75, 3.05) is 14.2 Å². The first-order valence-corrected chi connectivity index (χ1v) is 13.7. The molecule has 2 aromatic heterocycles. The van der Waals surface area contributed by atoms with Crippen LogP contribution in [0.2, 0.25) is 0 Å². The molecule has 4 rings (SSSR count). The molecule has 0 aliphatic heterocycles. The molecule has 0 fully saturated rings. The van der Waals surface area contributed by atoms with Gasteiger partial charge in [0, 0.05) is 36.2 Å². The Balaban J connectivity index is 0.000000250. The van der Waals surface area contributed by atoms with Crippen molar-refractivity contribution >= 4 is 11.6 Å². The van der Waals surface area contributed by atoms with E-state index in [1.54, 1.807) is 39.8 Å². The fourth-order valence-corrected chi connectivity index (χ4v) is 5.78. The predicted molar refractivity (Wildman–Crippen MR) is 150 cm³/mol. The molecule has 0 N–H and O–H groups in total. The highest BCUT2D eigenvalue weighted by molar-refractivity contribution is 6.04. The van der Waals surface area contributed by atoms with Crippen LogP contribution in [0.25, 0.3) is 0 Å². The molecule has 46 heavy (non-hydrogen) atoms. The van der Waals surface area contributed by atoms with Crippen LogP contribution in [0.3, 0.4) is 0 Å². The van der Waals surface area contributed by atoms with Gasteiger partial charge in [0.25, 0.3) is 12.9 Å². The molecule has 0 bridgehead atoms. The van der Waals surface area contributed by atoms with Gasteiger partial charge < -0.3 is 9.47 Å². The van der Waals surface area contributed by atoms with Gasteiger partial charge in [-0.25, -0.2) is 26.3 Å². The molecule has 2 aromatic rings. The Morgan fingerprint density at radius 3 is 1.30 bits per heavy atom. The van der Waals surface area contributed by atoms with Crippen molar-refractivity contribution in [3.8, 4) is 12.1 Å². The van der Waals surface area contributed by atoms with E-state index in [4.69, 9.17) is 20.0 Å². The number of nitrogens with zero attached hydrogens (tertiary/aromatic N) is 4. The first-order chi connectivity index (χ1) is 21.3. The second kappa shape index (κ2) is 13.1. The van der Waals surface area contributed by atoms with Gasteiger partial charge in [-0.3, -0.25) is 19.6 Å². The number of ketones is 2. The van der Waals surface area contributed by atoms with Crippen LogP contribution in [0.5, 0.6) is 0 Å². The van der Waals surface area contributed by atoms with Crippen LogP contribution in [-0.4, -0.2) is 35.8 Å². The lowest BCUT2D eigenvalue weighted by atomic mass is 9.68. The summed E-state index contributed by atoms with van der Waals surface area (Å²) in [7, 11) is 2.55. The number of rotatable bonds is 6. The highest BCUT2D eigenvalue weighted by atomic mass is 19.3. The van der Waals surface area contributed by atoms with Gasteiger partial charge in [0.15, 0.2) is 11.6 Å². The summed E-state index contributed by atoms with van der Waals surface area (Å²) in [5.41, 5.74) is -7.00. The average Bonchev–Trinajstić information content (AvgIpc) is 2.99. The summed E-state index contributed by atoms with van der Waals surface area (Å²) in [4.78, 5) is 32.0. The van der Waals surface area contributed by atoms with Crippen molar-refractivity contribution in [3.63, 3.8) is 0 Å². The van der Waals surface area contributed by atoms with E-state index in [2.05, 4.69) is 9.97 Å². The minimum absolute atomic E-state index is 0.0128. The normalized spacial score (nSPS) is 23.6. The van der Waals surface area contributed by atoms with E-state index in [1.165, 1.54) is 26.4 Å². The molecule has 2 atom stereocenters.